The van der Waals surface area contributed by atoms with Crippen LogP contribution in [0.3, 0.4) is 0 Å². The molecule has 1 aromatic rings. The summed E-state index contributed by atoms with van der Waals surface area (Å²) >= 11 is 1.79. The highest BCUT2D eigenvalue weighted by Gasteiger charge is 2.16. The highest BCUT2D eigenvalue weighted by atomic mass is 32.2. The molecular weight excluding hydrogens is 242 g/mol. The molecule has 1 saturated heterocycles. The summed E-state index contributed by atoms with van der Waals surface area (Å²) in [6.45, 7) is 5.63. The molecule has 1 atom stereocenters. The molecule has 1 aliphatic heterocycles. The van der Waals surface area contributed by atoms with E-state index >= 15 is 0 Å². The normalized spacial score (nSPS) is 18.8. The van der Waals surface area contributed by atoms with E-state index in [0.29, 0.717) is 6.04 Å². The van der Waals surface area contributed by atoms with Crippen LogP contribution in [-0.4, -0.2) is 50.9 Å². The Bertz CT molecular complexity index is 347. The number of rotatable bonds is 5. The van der Waals surface area contributed by atoms with E-state index < -0.39 is 0 Å². The van der Waals surface area contributed by atoms with Gasteiger partial charge in [0.15, 0.2) is 0 Å². The summed E-state index contributed by atoms with van der Waals surface area (Å²) in [6, 6.07) is 9.34. The van der Waals surface area contributed by atoms with Crippen molar-refractivity contribution in [3.63, 3.8) is 0 Å². The van der Waals surface area contributed by atoms with E-state index in [4.69, 9.17) is 0 Å². The molecule has 4 heteroatoms. The van der Waals surface area contributed by atoms with Crippen molar-refractivity contribution in [2.75, 3.05) is 46.0 Å². The Morgan fingerprint density at radius 1 is 1.28 bits per heavy atom. The highest BCUT2D eigenvalue weighted by Crippen LogP contribution is 2.19. The maximum atomic E-state index is 3.43. The van der Waals surface area contributed by atoms with Gasteiger partial charge >= 0.3 is 0 Å². The standard InChI is InChI=1S/C14H23N3S/c1-15-14(11-17-9-7-16-8-10-17)12-3-5-13(18-2)6-4-12/h3-6,14-16H,7-11H2,1-2H3. The third kappa shape index (κ3) is 3.72. The molecule has 100 valence electrons. The molecule has 0 aromatic heterocycles. The average molecular weight is 265 g/mol. The van der Waals surface area contributed by atoms with Crippen LogP contribution < -0.4 is 10.6 Å². The maximum Gasteiger partial charge on any atom is 0.0446 e. The molecule has 1 aliphatic rings. The fourth-order valence-electron chi connectivity index (χ4n) is 2.35. The summed E-state index contributed by atoms with van der Waals surface area (Å²) in [4.78, 5) is 3.86. The van der Waals surface area contributed by atoms with Gasteiger partial charge in [0.1, 0.15) is 0 Å². The number of hydrogen-bond donors (Lipinski definition) is 2. The number of piperazine rings is 1. The molecule has 0 bridgehead atoms. The van der Waals surface area contributed by atoms with Gasteiger partial charge in [-0.15, -0.1) is 11.8 Å². The summed E-state index contributed by atoms with van der Waals surface area (Å²) in [7, 11) is 2.05. The van der Waals surface area contributed by atoms with Gasteiger partial charge in [-0.25, -0.2) is 0 Å². The summed E-state index contributed by atoms with van der Waals surface area (Å²) in [5.41, 5.74) is 1.38. The van der Waals surface area contributed by atoms with Crippen LogP contribution in [0.1, 0.15) is 11.6 Å². The molecule has 2 rings (SSSR count). The molecule has 0 saturated carbocycles. The Morgan fingerprint density at radius 3 is 2.50 bits per heavy atom. The first-order valence-electron chi connectivity index (χ1n) is 6.58. The van der Waals surface area contributed by atoms with Gasteiger partial charge in [0.2, 0.25) is 0 Å². The van der Waals surface area contributed by atoms with E-state index in [0.717, 1.165) is 32.7 Å². The molecule has 18 heavy (non-hydrogen) atoms. The van der Waals surface area contributed by atoms with E-state index in [1.165, 1.54) is 10.5 Å². The van der Waals surface area contributed by atoms with E-state index in [1.807, 2.05) is 0 Å². The SMILES string of the molecule is CNC(CN1CCNCC1)c1ccc(SC)cc1. The summed E-state index contributed by atoms with van der Waals surface area (Å²) in [6.07, 6.45) is 2.12. The number of likely N-dealkylation sites (N-methyl/N-ethyl adjacent to an activating group) is 1. The van der Waals surface area contributed by atoms with Gasteiger partial charge in [0, 0.05) is 43.7 Å². The molecule has 0 spiro atoms. The summed E-state index contributed by atoms with van der Waals surface area (Å²) < 4.78 is 0. The molecule has 0 aliphatic carbocycles. The van der Waals surface area contributed by atoms with Crippen LogP contribution in [0.4, 0.5) is 0 Å². The molecule has 1 aromatic carbocycles. The Labute approximate surface area is 114 Å². The van der Waals surface area contributed by atoms with Crippen molar-refractivity contribution in [1.82, 2.24) is 15.5 Å². The summed E-state index contributed by atoms with van der Waals surface area (Å²) in [5, 5.41) is 6.83. The van der Waals surface area contributed by atoms with E-state index in [2.05, 4.69) is 53.1 Å². The van der Waals surface area contributed by atoms with Crippen molar-refractivity contribution < 1.29 is 0 Å². The molecular formula is C14H23N3S. The second-order valence-corrected chi connectivity index (χ2v) is 5.54. The van der Waals surface area contributed by atoms with Crippen molar-refractivity contribution in [3.8, 4) is 0 Å². The van der Waals surface area contributed by atoms with Gasteiger partial charge in [-0.3, -0.25) is 4.90 Å². The van der Waals surface area contributed by atoms with Crippen LogP contribution >= 0.6 is 11.8 Å². The molecule has 0 radical (unpaired) electrons. The molecule has 1 unspecified atom stereocenters. The minimum absolute atomic E-state index is 0.430. The molecule has 1 heterocycles. The Morgan fingerprint density at radius 2 is 1.94 bits per heavy atom. The van der Waals surface area contributed by atoms with Crippen molar-refractivity contribution in [2.45, 2.75) is 10.9 Å². The Hall–Kier alpha value is -0.550. The predicted molar refractivity (Wildman–Crippen MR) is 79.3 cm³/mol. The van der Waals surface area contributed by atoms with Gasteiger partial charge < -0.3 is 10.6 Å². The molecule has 1 fully saturated rings. The third-order valence-corrected chi connectivity index (χ3v) is 4.26. The van der Waals surface area contributed by atoms with Gasteiger partial charge in [-0.1, -0.05) is 12.1 Å². The minimum atomic E-state index is 0.430. The zero-order chi connectivity index (χ0) is 12.8. The van der Waals surface area contributed by atoms with Gasteiger partial charge in [-0.2, -0.15) is 0 Å². The first-order valence-corrected chi connectivity index (χ1v) is 7.80. The fraction of sp³-hybridized carbons (Fsp3) is 0.571. The lowest BCUT2D eigenvalue weighted by Crippen LogP contribution is -2.46. The Balaban J connectivity index is 1.97. The number of hydrogen-bond acceptors (Lipinski definition) is 4. The second-order valence-electron chi connectivity index (χ2n) is 4.67. The van der Waals surface area contributed by atoms with Crippen LogP contribution in [0.2, 0.25) is 0 Å². The van der Waals surface area contributed by atoms with Crippen molar-refractivity contribution >= 4 is 11.8 Å². The highest BCUT2D eigenvalue weighted by molar-refractivity contribution is 7.98. The summed E-state index contributed by atoms with van der Waals surface area (Å²) in [5.74, 6) is 0. The monoisotopic (exact) mass is 265 g/mol. The van der Waals surface area contributed by atoms with Crippen molar-refractivity contribution in [2.24, 2.45) is 0 Å². The number of thioether (sulfide) groups is 1. The van der Waals surface area contributed by atoms with Crippen LogP contribution in [0.5, 0.6) is 0 Å². The number of nitrogens with one attached hydrogen (secondary N) is 2. The first-order chi connectivity index (χ1) is 8.83. The van der Waals surface area contributed by atoms with Crippen LogP contribution in [0.25, 0.3) is 0 Å². The lowest BCUT2D eigenvalue weighted by atomic mass is 10.1. The minimum Gasteiger partial charge on any atom is -0.314 e. The number of nitrogens with zero attached hydrogens (tertiary/aromatic N) is 1. The zero-order valence-electron chi connectivity index (χ0n) is 11.3. The largest absolute Gasteiger partial charge is 0.314 e. The molecule has 0 amide bonds. The predicted octanol–water partition coefficient (Wildman–Crippen LogP) is 1.57. The van der Waals surface area contributed by atoms with Gasteiger partial charge in [0.25, 0.3) is 0 Å². The van der Waals surface area contributed by atoms with Crippen LogP contribution in [0, 0.1) is 0 Å². The van der Waals surface area contributed by atoms with Gasteiger partial charge in [-0.05, 0) is 31.0 Å². The topological polar surface area (TPSA) is 27.3 Å². The lowest BCUT2D eigenvalue weighted by molar-refractivity contribution is 0.219. The van der Waals surface area contributed by atoms with E-state index in [1.54, 1.807) is 11.8 Å². The quantitative estimate of drug-likeness (QED) is 0.791. The second kappa shape index (κ2) is 7.14. The molecule has 2 N–H and O–H groups in total. The van der Waals surface area contributed by atoms with Crippen molar-refractivity contribution in [1.29, 1.82) is 0 Å². The first kappa shape index (κ1) is 13.9. The number of benzene rings is 1. The Kier molecular flexibility index (Phi) is 5.50. The average Bonchev–Trinajstić information content (AvgIpc) is 2.46. The van der Waals surface area contributed by atoms with E-state index in [-0.39, 0.29) is 0 Å². The van der Waals surface area contributed by atoms with Crippen LogP contribution in [0.15, 0.2) is 29.2 Å². The van der Waals surface area contributed by atoms with E-state index in [9.17, 15) is 0 Å². The fourth-order valence-corrected chi connectivity index (χ4v) is 2.76. The third-order valence-electron chi connectivity index (χ3n) is 3.52. The van der Waals surface area contributed by atoms with Crippen LogP contribution in [-0.2, 0) is 0 Å². The van der Waals surface area contributed by atoms with Gasteiger partial charge in [0.05, 0.1) is 0 Å². The van der Waals surface area contributed by atoms with Crippen molar-refractivity contribution in [3.05, 3.63) is 29.8 Å². The zero-order valence-corrected chi connectivity index (χ0v) is 12.1. The maximum absolute atomic E-state index is 3.43. The smallest absolute Gasteiger partial charge is 0.0446 e. The molecule has 3 nitrogen and oxygen atoms in total. The lowest BCUT2D eigenvalue weighted by Gasteiger charge is -2.31.